The summed E-state index contributed by atoms with van der Waals surface area (Å²) in [4.78, 5) is 4.70. The van der Waals surface area contributed by atoms with E-state index in [1.54, 1.807) is 23.5 Å². The van der Waals surface area contributed by atoms with E-state index in [2.05, 4.69) is 20.4 Å². The average Bonchev–Trinajstić information content (AvgIpc) is 2.80. The fourth-order valence-electron chi connectivity index (χ4n) is 2.06. The van der Waals surface area contributed by atoms with Gasteiger partial charge >= 0.3 is 0 Å². The normalized spacial score (nSPS) is 16.6. The minimum Gasteiger partial charge on any atom is -0.236 e. The summed E-state index contributed by atoms with van der Waals surface area (Å²) >= 11 is 1.67. The third-order valence-electron chi connectivity index (χ3n) is 3.25. The molecule has 0 saturated carbocycles. The predicted octanol–water partition coefficient (Wildman–Crippen LogP) is 3.72. The van der Waals surface area contributed by atoms with E-state index < -0.39 is 0 Å². The van der Waals surface area contributed by atoms with Gasteiger partial charge in [-0.15, -0.1) is 11.3 Å². The Bertz CT molecular complexity index is 645. The SMILES string of the molecule is C=C/C(=C\C=C(/C)F)c1nc2c(s1)=C(C)CCC=2C. The van der Waals surface area contributed by atoms with Gasteiger partial charge in [0.2, 0.25) is 0 Å². The summed E-state index contributed by atoms with van der Waals surface area (Å²) in [5.41, 5.74) is 3.60. The molecule has 0 aliphatic heterocycles. The fourth-order valence-corrected chi connectivity index (χ4v) is 3.25. The van der Waals surface area contributed by atoms with Crippen LogP contribution in [0.4, 0.5) is 4.39 Å². The first-order chi connectivity index (χ1) is 9.02. The maximum absolute atomic E-state index is 12.8. The van der Waals surface area contributed by atoms with Crippen molar-refractivity contribution in [1.29, 1.82) is 0 Å². The molecule has 1 aromatic rings. The van der Waals surface area contributed by atoms with Crippen molar-refractivity contribution < 1.29 is 4.39 Å². The van der Waals surface area contributed by atoms with Crippen LogP contribution in [0.2, 0.25) is 0 Å². The molecule has 0 aromatic carbocycles. The molecular formula is C16H18FNS. The van der Waals surface area contributed by atoms with Gasteiger partial charge < -0.3 is 0 Å². The van der Waals surface area contributed by atoms with Crippen LogP contribution in [0.3, 0.4) is 0 Å². The number of halogens is 1. The highest BCUT2D eigenvalue weighted by atomic mass is 32.1. The minimum absolute atomic E-state index is 0.217. The molecule has 1 aliphatic carbocycles. The molecule has 0 N–H and O–H groups in total. The van der Waals surface area contributed by atoms with Crippen LogP contribution in [0.5, 0.6) is 0 Å². The van der Waals surface area contributed by atoms with Crippen molar-refractivity contribution in [2.24, 2.45) is 0 Å². The van der Waals surface area contributed by atoms with Crippen LogP contribution in [-0.2, 0) is 0 Å². The van der Waals surface area contributed by atoms with E-state index in [1.165, 1.54) is 28.7 Å². The Hall–Kier alpha value is -1.48. The summed E-state index contributed by atoms with van der Waals surface area (Å²) in [7, 11) is 0. The second-order valence-electron chi connectivity index (χ2n) is 4.84. The van der Waals surface area contributed by atoms with Crippen LogP contribution >= 0.6 is 11.3 Å². The molecule has 0 saturated heterocycles. The van der Waals surface area contributed by atoms with Crippen LogP contribution in [-0.4, -0.2) is 4.98 Å². The number of aromatic nitrogens is 1. The van der Waals surface area contributed by atoms with Crippen molar-refractivity contribution in [2.45, 2.75) is 33.6 Å². The summed E-state index contributed by atoms with van der Waals surface area (Å²) in [5.74, 6) is -0.217. The molecule has 2 rings (SSSR count). The molecule has 0 amide bonds. The Morgan fingerprint density at radius 3 is 2.53 bits per heavy atom. The number of thiazole rings is 1. The van der Waals surface area contributed by atoms with Crippen molar-refractivity contribution in [1.82, 2.24) is 4.98 Å². The van der Waals surface area contributed by atoms with Crippen LogP contribution in [0.25, 0.3) is 16.7 Å². The summed E-state index contributed by atoms with van der Waals surface area (Å²) in [6.07, 6.45) is 7.10. The smallest absolute Gasteiger partial charge is 0.124 e. The molecule has 0 bridgehead atoms. The second kappa shape index (κ2) is 5.66. The van der Waals surface area contributed by atoms with E-state index >= 15 is 0 Å². The predicted molar refractivity (Wildman–Crippen MR) is 81.8 cm³/mol. The van der Waals surface area contributed by atoms with Crippen molar-refractivity contribution in [2.75, 3.05) is 0 Å². The molecule has 3 heteroatoms. The number of hydrogen-bond acceptors (Lipinski definition) is 2. The summed E-state index contributed by atoms with van der Waals surface area (Å²) < 4.78 is 14.1. The molecule has 1 heterocycles. The summed E-state index contributed by atoms with van der Waals surface area (Å²) in [6.45, 7) is 9.52. The fraction of sp³-hybridized carbons (Fsp3) is 0.312. The van der Waals surface area contributed by atoms with Crippen LogP contribution in [0.1, 0.15) is 38.6 Å². The van der Waals surface area contributed by atoms with Gasteiger partial charge in [0.25, 0.3) is 0 Å². The largest absolute Gasteiger partial charge is 0.236 e. The number of rotatable bonds is 3. The lowest BCUT2D eigenvalue weighted by Gasteiger charge is -2.05. The maximum atomic E-state index is 12.8. The highest BCUT2D eigenvalue weighted by Crippen LogP contribution is 2.19. The lowest BCUT2D eigenvalue weighted by molar-refractivity contribution is 0.641. The Balaban J connectivity index is 2.61. The number of nitrogens with zero attached hydrogens (tertiary/aromatic N) is 1. The quantitative estimate of drug-likeness (QED) is 0.766. The number of allylic oxidation sites excluding steroid dienone is 5. The average molecular weight is 275 g/mol. The topological polar surface area (TPSA) is 12.9 Å². The Morgan fingerprint density at radius 2 is 1.95 bits per heavy atom. The van der Waals surface area contributed by atoms with E-state index in [0.29, 0.717) is 0 Å². The highest BCUT2D eigenvalue weighted by molar-refractivity contribution is 7.10. The van der Waals surface area contributed by atoms with E-state index in [-0.39, 0.29) is 5.83 Å². The Labute approximate surface area is 117 Å². The van der Waals surface area contributed by atoms with Crippen molar-refractivity contribution in [3.8, 4) is 0 Å². The van der Waals surface area contributed by atoms with Crippen LogP contribution < -0.4 is 9.88 Å². The molecule has 19 heavy (non-hydrogen) atoms. The van der Waals surface area contributed by atoms with Gasteiger partial charge in [-0.1, -0.05) is 18.2 Å². The van der Waals surface area contributed by atoms with E-state index in [9.17, 15) is 4.39 Å². The standard InChI is InChI=1S/C16H18FNS/c1-5-13(9-8-12(4)17)16-18-14-10(2)6-7-11(3)15(14)19-16/h5,8-9H,1,6-7H2,2-4H3/b12-8+,13-9+. The zero-order valence-corrected chi connectivity index (χ0v) is 12.4. The molecule has 0 unspecified atom stereocenters. The lowest BCUT2D eigenvalue weighted by atomic mass is 10.0. The van der Waals surface area contributed by atoms with Gasteiger partial charge in [-0.2, -0.15) is 0 Å². The van der Waals surface area contributed by atoms with Gasteiger partial charge in [0, 0.05) is 5.57 Å². The van der Waals surface area contributed by atoms with Crippen molar-refractivity contribution >= 4 is 28.1 Å². The summed E-state index contributed by atoms with van der Waals surface area (Å²) in [5, 5.41) is 2.02. The highest BCUT2D eigenvalue weighted by Gasteiger charge is 2.11. The molecule has 100 valence electrons. The lowest BCUT2D eigenvalue weighted by Crippen LogP contribution is -2.28. The first kappa shape index (κ1) is 13.9. The molecule has 0 fully saturated rings. The maximum Gasteiger partial charge on any atom is 0.124 e. The van der Waals surface area contributed by atoms with Crippen molar-refractivity contribution in [3.05, 3.63) is 45.5 Å². The van der Waals surface area contributed by atoms with Gasteiger partial charge in [-0.05, 0) is 51.3 Å². The van der Waals surface area contributed by atoms with Crippen LogP contribution in [0.15, 0.2) is 30.6 Å². The van der Waals surface area contributed by atoms with E-state index in [1.807, 2.05) is 0 Å². The molecule has 1 nitrogen and oxygen atoms in total. The first-order valence-electron chi connectivity index (χ1n) is 6.36. The molecule has 1 aromatic heterocycles. The van der Waals surface area contributed by atoms with Gasteiger partial charge in [-0.25, -0.2) is 9.37 Å². The molecule has 1 aliphatic rings. The number of fused-ring (bicyclic) bond motifs is 1. The van der Waals surface area contributed by atoms with Gasteiger partial charge in [0.05, 0.1) is 15.7 Å². The first-order valence-corrected chi connectivity index (χ1v) is 7.18. The van der Waals surface area contributed by atoms with Crippen molar-refractivity contribution in [3.63, 3.8) is 0 Å². The van der Waals surface area contributed by atoms with Crippen LogP contribution in [0, 0.1) is 0 Å². The summed E-state index contributed by atoms with van der Waals surface area (Å²) in [6, 6.07) is 0. The molecule has 0 radical (unpaired) electrons. The van der Waals surface area contributed by atoms with Gasteiger partial charge in [0.1, 0.15) is 5.01 Å². The zero-order valence-electron chi connectivity index (χ0n) is 11.6. The zero-order chi connectivity index (χ0) is 14.0. The second-order valence-corrected chi connectivity index (χ2v) is 5.84. The number of hydrogen-bond donors (Lipinski definition) is 0. The minimum atomic E-state index is -0.217. The van der Waals surface area contributed by atoms with E-state index in [4.69, 9.17) is 4.98 Å². The Kier molecular flexibility index (Phi) is 4.15. The third kappa shape index (κ3) is 2.92. The Morgan fingerprint density at radius 1 is 1.26 bits per heavy atom. The molecule has 0 spiro atoms. The molecular weight excluding hydrogens is 257 g/mol. The molecule has 0 atom stereocenters. The third-order valence-corrected chi connectivity index (χ3v) is 4.52. The van der Waals surface area contributed by atoms with Gasteiger partial charge in [0.15, 0.2) is 0 Å². The monoisotopic (exact) mass is 275 g/mol. The van der Waals surface area contributed by atoms with Gasteiger partial charge in [-0.3, -0.25) is 0 Å². The van der Waals surface area contributed by atoms with E-state index in [0.717, 1.165) is 28.8 Å².